The molecule has 0 aliphatic carbocycles. The molecule has 3 N–H and O–H groups in total. The zero-order chi connectivity index (χ0) is 22.3. The molecule has 30 heavy (non-hydrogen) atoms. The molecular weight excluding hydrogens is 386 g/mol. The number of rotatable bonds is 9. The van der Waals surface area contributed by atoms with Crippen molar-refractivity contribution < 1.29 is 23.9 Å². The third kappa shape index (κ3) is 6.95. The molecule has 0 radical (unpaired) electrons. The average molecular weight is 418 g/mol. The molecule has 1 aliphatic heterocycles. The van der Waals surface area contributed by atoms with Crippen LogP contribution in [0, 0.1) is 11.3 Å². The van der Waals surface area contributed by atoms with E-state index < -0.39 is 5.92 Å². The van der Waals surface area contributed by atoms with Gasteiger partial charge < -0.3 is 20.1 Å². The van der Waals surface area contributed by atoms with E-state index in [-0.39, 0.29) is 48.7 Å². The Bertz CT molecular complexity index is 767. The van der Waals surface area contributed by atoms with Crippen molar-refractivity contribution in [3.63, 3.8) is 0 Å². The Balaban J connectivity index is 1.78. The van der Waals surface area contributed by atoms with E-state index in [1.54, 1.807) is 49.9 Å². The minimum atomic E-state index is -0.427. The van der Waals surface area contributed by atoms with Crippen molar-refractivity contribution in [1.29, 1.82) is 5.41 Å². The highest BCUT2D eigenvalue weighted by atomic mass is 16.6. The minimum absolute atomic E-state index is 0.0539. The standard InChI is InChI=1S/C22H31N3O5/c1-14(2)30-20(27)13-29-18-8-10-25(11-9-18)22(28)15(3)12-19(26)16-4-6-17(7-5-16)21(23)24/h4-7,14-15,18H,8-13H2,1-3H3,(H3,23,24). The Morgan fingerprint density at radius 2 is 1.67 bits per heavy atom. The maximum atomic E-state index is 12.7. The number of amidine groups is 1. The summed E-state index contributed by atoms with van der Waals surface area (Å²) in [6.07, 6.45) is 1.17. The molecule has 1 saturated heterocycles. The third-order valence-corrected chi connectivity index (χ3v) is 4.99. The second-order valence-electron chi connectivity index (χ2n) is 7.89. The maximum absolute atomic E-state index is 12.7. The fourth-order valence-corrected chi connectivity index (χ4v) is 3.36. The van der Waals surface area contributed by atoms with Gasteiger partial charge in [0.15, 0.2) is 5.78 Å². The van der Waals surface area contributed by atoms with Crippen LogP contribution >= 0.6 is 0 Å². The van der Waals surface area contributed by atoms with E-state index in [4.69, 9.17) is 20.6 Å². The zero-order valence-electron chi connectivity index (χ0n) is 17.8. The highest BCUT2D eigenvalue weighted by Gasteiger charge is 2.28. The van der Waals surface area contributed by atoms with Gasteiger partial charge in [-0.05, 0) is 26.7 Å². The molecule has 0 spiro atoms. The molecule has 1 amide bonds. The summed E-state index contributed by atoms with van der Waals surface area (Å²) in [6.45, 7) is 6.33. The molecule has 1 heterocycles. The van der Waals surface area contributed by atoms with E-state index in [0.29, 0.717) is 37.1 Å². The number of ketones is 1. The molecule has 1 unspecified atom stereocenters. The van der Waals surface area contributed by atoms with Crippen LogP contribution in [0.15, 0.2) is 24.3 Å². The Morgan fingerprint density at radius 1 is 1.10 bits per heavy atom. The van der Waals surface area contributed by atoms with Crippen LogP contribution in [0.5, 0.6) is 0 Å². The highest BCUT2D eigenvalue weighted by Crippen LogP contribution is 2.19. The van der Waals surface area contributed by atoms with Gasteiger partial charge in [-0.15, -0.1) is 0 Å². The van der Waals surface area contributed by atoms with Gasteiger partial charge in [0.25, 0.3) is 0 Å². The van der Waals surface area contributed by atoms with E-state index >= 15 is 0 Å². The second kappa shape index (κ2) is 10.9. The summed E-state index contributed by atoms with van der Waals surface area (Å²) in [4.78, 5) is 38.5. The van der Waals surface area contributed by atoms with E-state index in [1.807, 2.05) is 0 Å². The van der Waals surface area contributed by atoms with Crippen molar-refractivity contribution in [2.24, 2.45) is 11.7 Å². The number of nitrogens with one attached hydrogen (secondary N) is 1. The average Bonchev–Trinajstić information content (AvgIpc) is 2.71. The number of nitrogen functional groups attached to an aromatic ring is 1. The van der Waals surface area contributed by atoms with Gasteiger partial charge in [-0.1, -0.05) is 31.2 Å². The molecule has 1 aromatic carbocycles. The number of nitrogens with two attached hydrogens (primary N) is 1. The van der Waals surface area contributed by atoms with E-state index in [2.05, 4.69) is 0 Å². The second-order valence-corrected chi connectivity index (χ2v) is 7.89. The predicted octanol–water partition coefficient (Wildman–Crippen LogP) is 2.14. The van der Waals surface area contributed by atoms with Crippen molar-refractivity contribution in [2.45, 2.75) is 52.2 Å². The molecule has 0 bridgehead atoms. The quantitative estimate of drug-likeness (QED) is 0.275. The number of hydrogen-bond acceptors (Lipinski definition) is 6. The van der Waals surface area contributed by atoms with Gasteiger partial charge >= 0.3 is 5.97 Å². The first-order valence-corrected chi connectivity index (χ1v) is 10.2. The molecule has 0 saturated carbocycles. The summed E-state index contributed by atoms with van der Waals surface area (Å²) in [5.74, 6) is -1.04. The first-order chi connectivity index (χ1) is 14.2. The Labute approximate surface area is 177 Å². The smallest absolute Gasteiger partial charge is 0.332 e. The number of Topliss-reactive ketones (excluding diaryl/α,β-unsaturated/α-hetero) is 1. The van der Waals surface area contributed by atoms with Gasteiger partial charge in [-0.2, -0.15) is 0 Å². The van der Waals surface area contributed by atoms with Gasteiger partial charge in [-0.25, -0.2) is 4.79 Å². The Kier molecular flexibility index (Phi) is 8.53. The molecule has 0 aromatic heterocycles. The number of carbonyl (C=O) groups excluding carboxylic acids is 3. The number of esters is 1. The van der Waals surface area contributed by atoms with Gasteiger partial charge in [0.1, 0.15) is 12.4 Å². The van der Waals surface area contributed by atoms with Gasteiger partial charge in [0, 0.05) is 36.6 Å². The van der Waals surface area contributed by atoms with Crippen molar-refractivity contribution in [2.75, 3.05) is 19.7 Å². The normalized spacial score (nSPS) is 15.7. The number of nitrogens with zero attached hydrogens (tertiary/aromatic N) is 1. The summed E-state index contributed by atoms with van der Waals surface area (Å²) in [7, 11) is 0. The summed E-state index contributed by atoms with van der Waals surface area (Å²) >= 11 is 0. The van der Waals surface area contributed by atoms with Crippen molar-refractivity contribution in [1.82, 2.24) is 4.90 Å². The molecule has 1 fully saturated rings. The number of likely N-dealkylation sites (tertiary alicyclic amines) is 1. The first-order valence-electron chi connectivity index (χ1n) is 10.2. The molecular formula is C22H31N3O5. The predicted molar refractivity (Wildman–Crippen MR) is 112 cm³/mol. The SMILES string of the molecule is CC(C)OC(=O)COC1CCN(C(=O)C(C)CC(=O)c2ccc(C(=N)N)cc2)CC1. The van der Waals surface area contributed by atoms with Gasteiger partial charge in [-0.3, -0.25) is 15.0 Å². The topological polar surface area (TPSA) is 123 Å². The maximum Gasteiger partial charge on any atom is 0.332 e. The fraction of sp³-hybridized carbons (Fsp3) is 0.545. The van der Waals surface area contributed by atoms with Gasteiger partial charge in [0.2, 0.25) is 5.91 Å². The number of amides is 1. The van der Waals surface area contributed by atoms with Crippen molar-refractivity contribution in [3.8, 4) is 0 Å². The number of piperidine rings is 1. The summed E-state index contributed by atoms with van der Waals surface area (Å²) < 4.78 is 10.6. The lowest BCUT2D eigenvalue weighted by atomic mass is 9.96. The molecule has 1 aromatic rings. The monoisotopic (exact) mass is 417 g/mol. The lowest BCUT2D eigenvalue weighted by molar-refractivity contribution is -0.156. The Morgan fingerprint density at radius 3 is 2.20 bits per heavy atom. The number of benzene rings is 1. The fourth-order valence-electron chi connectivity index (χ4n) is 3.36. The van der Waals surface area contributed by atoms with E-state index in [9.17, 15) is 14.4 Å². The third-order valence-electron chi connectivity index (χ3n) is 4.99. The van der Waals surface area contributed by atoms with Crippen LogP contribution in [0.1, 0.15) is 56.0 Å². The van der Waals surface area contributed by atoms with Crippen LogP contribution in [-0.4, -0.2) is 60.3 Å². The largest absolute Gasteiger partial charge is 0.461 e. The summed E-state index contributed by atoms with van der Waals surface area (Å²) in [5, 5.41) is 7.39. The van der Waals surface area contributed by atoms with Crippen LogP contribution in [-0.2, 0) is 19.1 Å². The van der Waals surface area contributed by atoms with Crippen molar-refractivity contribution in [3.05, 3.63) is 35.4 Å². The molecule has 2 rings (SSSR count). The lowest BCUT2D eigenvalue weighted by Crippen LogP contribution is -2.43. The van der Waals surface area contributed by atoms with E-state index in [0.717, 1.165) is 0 Å². The molecule has 8 nitrogen and oxygen atoms in total. The number of ether oxygens (including phenoxy) is 2. The van der Waals surface area contributed by atoms with E-state index in [1.165, 1.54) is 0 Å². The van der Waals surface area contributed by atoms with Gasteiger partial charge in [0.05, 0.1) is 12.2 Å². The molecule has 1 atom stereocenters. The highest BCUT2D eigenvalue weighted by molar-refractivity contribution is 6.00. The summed E-state index contributed by atoms with van der Waals surface area (Å²) in [6, 6.07) is 6.51. The van der Waals surface area contributed by atoms with Crippen LogP contribution in [0.3, 0.4) is 0 Å². The van der Waals surface area contributed by atoms with Crippen LogP contribution in [0.4, 0.5) is 0 Å². The number of carbonyl (C=O) groups is 3. The Hall–Kier alpha value is -2.74. The van der Waals surface area contributed by atoms with Crippen LogP contribution in [0.2, 0.25) is 0 Å². The lowest BCUT2D eigenvalue weighted by Gasteiger charge is -2.33. The van der Waals surface area contributed by atoms with Crippen LogP contribution in [0.25, 0.3) is 0 Å². The number of hydrogen-bond donors (Lipinski definition) is 2. The molecule has 8 heteroatoms. The minimum Gasteiger partial charge on any atom is -0.461 e. The zero-order valence-corrected chi connectivity index (χ0v) is 17.8. The first kappa shape index (κ1) is 23.5. The van der Waals surface area contributed by atoms with Crippen molar-refractivity contribution >= 4 is 23.5 Å². The molecule has 1 aliphatic rings. The van der Waals surface area contributed by atoms with Crippen LogP contribution < -0.4 is 5.73 Å². The molecule has 164 valence electrons. The summed E-state index contributed by atoms with van der Waals surface area (Å²) in [5.41, 5.74) is 6.48.